The summed E-state index contributed by atoms with van der Waals surface area (Å²) < 4.78 is 26.9. The van der Waals surface area contributed by atoms with Crippen molar-refractivity contribution in [2.45, 2.75) is 56.8 Å². The van der Waals surface area contributed by atoms with Gasteiger partial charge in [-0.05, 0) is 25.7 Å². The van der Waals surface area contributed by atoms with E-state index in [0.717, 1.165) is 38.5 Å². The van der Waals surface area contributed by atoms with Crippen LogP contribution >= 0.6 is 0 Å². The van der Waals surface area contributed by atoms with E-state index in [4.69, 9.17) is 0 Å². The van der Waals surface area contributed by atoms with Crippen LogP contribution in [0.5, 0.6) is 0 Å². The van der Waals surface area contributed by atoms with Gasteiger partial charge in [0.1, 0.15) is 0 Å². The number of aryl methyl sites for hydroxylation is 1. The molecule has 2 heterocycles. The number of aromatic amines is 2. The van der Waals surface area contributed by atoms with E-state index in [1.165, 1.54) is 4.31 Å². The minimum atomic E-state index is -3.86. The summed E-state index contributed by atoms with van der Waals surface area (Å²) in [6.45, 7) is 2.89. The van der Waals surface area contributed by atoms with Crippen LogP contribution in [0.2, 0.25) is 0 Å². The molecule has 0 unspecified atom stereocenters. The standard InChI is InChI=1S/C14H23N3O4S/c1-2-3-5-8-11-12(13(18)16-14(19)15-11)22(20,21)17-9-6-4-7-10-17/h2-10H2,1H3,(H2,15,16,18,19). The van der Waals surface area contributed by atoms with Crippen molar-refractivity contribution in [1.82, 2.24) is 14.3 Å². The van der Waals surface area contributed by atoms with E-state index in [1.807, 2.05) is 11.9 Å². The molecule has 2 rings (SSSR count). The van der Waals surface area contributed by atoms with Gasteiger partial charge in [0, 0.05) is 18.8 Å². The molecule has 0 bridgehead atoms. The summed E-state index contributed by atoms with van der Waals surface area (Å²) >= 11 is 0. The molecule has 1 aromatic rings. The molecule has 0 aromatic carbocycles. The lowest BCUT2D eigenvalue weighted by Gasteiger charge is -2.26. The van der Waals surface area contributed by atoms with Gasteiger partial charge in [0.05, 0.1) is 0 Å². The number of rotatable bonds is 6. The van der Waals surface area contributed by atoms with E-state index in [-0.39, 0.29) is 10.6 Å². The third-order valence-corrected chi connectivity index (χ3v) is 5.91. The Bertz CT molecular complexity index is 714. The van der Waals surface area contributed by atoms with Crippen LogP contribution in [-0.4, -0.2) is 35.8 Å². The largest absolute Gasteiger partial charge is 0.325 e. The second-order valence-corrected chi connectivity index (χ2v) is 7.51. The maximum atomic E-state index is 12.8. The third-order valence-electron chi connectivity index (χ3n) is 3.92. The highest BCUT2D eigenvalue weighted by Gasteiger charge is 2.31. The summed E-state index contributed by atoms with van der Waals surface area (Å²) in [7, 11) is -3.86. The maximum Gasteiger partial charge on any atom is 0.325 e. The highest BCUT2D eigenvalue weighted by molar-refractivity contribution is 7.89. The van der Waals surface area contributed by atoms with Gasteiger partial charge in [-0.15, -0.1) is 0 Å². The molecule has 0 saturated carbocycles. The first-order chi connectivity index (χ1) is 10.5. The molecule has 1 aliphatic rings. The summed E-state index contributed by atoms with van der Waals surface area (Å²) in [5.74, 6) is 0. The Kier molecular flexibility index (Phi) is 5.57. The van der Waals surface area contributed by atoms with Crippen LogP contribution in [0.25, 0.3) is 0 Å². The topological polar surface area (TPSA) is 103 Å². The van der Waals surface area contributed by atoms with Gasteiger partial charge in [-0.1, -0.05) is 26.2 Å². The zero-order chi connectivity index (χ0) is 16.2. The normalized spacial score (nSPS) is 16.8. The predicted molar refractivity (Wildman–Crippen MR) is 83.5 cm³/mol. The second kappa shape index (κ2) is 7.23. The number of piperidine rings is 1. The van der Waals surface area contributed by atoms with Gasteiger partial charge in [-0.2, -0.15) is 4.31 Å². The fourth-order valence-electron chi connectivity index (χ4n) is 2.76. The first-order valence-corrected chi connectivity index (χ1v) is 9.26. The van der Waals surface area contributed by atoms with E-state index in [0.29, 0.717) is 19.5 Å². The summed E-state index contributed by atoms with van der Waals surface area (Å²) in [6, 6.07) is 0. The van der Waals surface area contributed by atoms with Gasteiger partial charge >= 0.3 is 5.69 Å². The lowest BCUT2D eigenvalue weighted by Crippen LogP contribution is -2.40. The van der Waals surface area contributed by atoms with Crippen molar-refractivity contribution >= 4 is 10.0 Å². The zero-order valence-electron chi connectivity index (χ0n) is 12.9. The van der Waals surface area contributed by atoms with Gasteiger partial charge in [0.2, 0.25) is 10.0 Å². The number of H-pyrrole nitrogens is 2. The summed E-state index contributed by atoms with van der Waals surface area (Å²) in [5.41, 5.74) is -1.25. The van der Waals surface area contributed by atoms with Crippen molar-refractivity contribution in [2.24, 2.45) is 0 Å². The minimum Gasteiger partial charge on any atom is -0.310 e. The number of unbranched alkanes of at least 4 members (excludes halogenated alkanes) is 2. The Labute approximate surface area is 129 Å². The van der Waals surface area contributed by atoms with E-state index >= 15 is 0 Å². The van der Waals surface area contributed by atoms with E-state index in [9.17, 15) is 18.0 Å². The molecule has 0 atom stereocenters. The van der Waals surface area contributed by atoms with Crippen molar-refractivity contribution in [1.29, 1.82) is 0 Å². The fraction of sp³-hybridized carbons (Fsp3) is 0.714. The SMILES string of the molecule is CCCCCc1[nH]c(=O)[nH]c(=O)c1S(=O)(=O)N1CCCCC1. The van der Waals surface area contributed by atoms with Gasteiger partial charge in [-0.3, -0.25) is 9.78 Å². The molecule has 1 aromatic heterocycles. The fourth-order valence-corrected chi connectivity index (χ4v) is 4.50. The molecular weight excluding hydrogens is 306 g/mol. The summed E-state index contributed by atoms with van der Waals surface area (Å²) in [4.78, 5) is 27.8. The Morgan fingerprint density at radius 1 is 1.05 bits per heavy atom. The molecule has 1 saturated heterocycles. The molecular formula is C14H23N3O4S. The van der Waals surface area contributed by atoms with Crippen LogP contribution in [0.4, 0.5) is 0 Å². The first kappa shape index (κ1) is 17.0. The number of nitrogens with zero attached hydrogens (tertiary/aromatic N) is 1. The third kappa shape index (κ3) is 3.67. The Morgan fingerprint density at radius 2 is 1.73 bits per heavy atom. The lowest BCUT2D eigenvalue weighted by atomic mass is 10.1. The Morgan fingerprint density at radius 3 is 2.36 bits per heavy atom. The van der Waals surface area contributed by atoms with Crippen LogP contribution < -0.4 is 11.2 Å². The van der Waals surface area contributed by atoms with Crippen LogP contribution in [0.15, 0.2) is 14.5 Å². The van der Waals surface area contributed by atoms with Gasteiger partial charge in [-0.25, -0.2) is 13.2 Å². The van der Waals surface area contributed by atoms with E-state index in [1.54, 1.807) is 0 Å². The number of hydrogen-bond donors (Lipinski definition) is 2. The molecule has 22 heavy (non-hydrogen) atoms. The average Bonchev–Trinajstić information content (AvgIpc) is 2.47. The quantitative estimate of drug-likeness (QED) is 0.759. The van der Waals surface area contributed by atoms with E-state index < -0.39 is 21.3 Å². The molecule has 8 heteroatoms. The second-order valence-electron chi connectivity index (χ2n) is 5.64. The number of nitrogens with one attached hydrogen (secondary N) is 2. The Hall–Kier alpha value is -1.41. The zero-order valence-corrected chi connectivity index (χ0v) is 13.7. The smallest absolute Gasteiger partial charge is 0.310 e. The molecule has 0 radical (unpaired) electrons. The predicted octanol–water partition coefficient (Wildman–Crippen LogP) is 0.971. The molecule has 0 aliphatic carbocycles. The number of aromatic nitrogens is 2. The summed E-state index contributed by atoms with van der Waals surface area (Å²) in [5, 5.41) is 0. The van der Waals surface area contributed by atoms with Crippen molar-refractivity contribution in [3.05, 3.63) is 26.5 Å². The minimum absolute atomic E-state index is 0.229. The number of hydrogen-bond acceptors (Lipinski definition) is 4. The highest BCUT2D eigenvalue weighted by Crippen LogP contribution is 2.20. The Balaban J connectivity index is 2.43. The van der Waals surface area contributed by atoms with Crippen LogP contribution in [0.1, 0.15) is 51.1 Å². The molecule has 124 valence electrons. The molecule has 1 fully saturated rings. The average molecular weight is 329 g/mol. The molecule has 1 aliphatic heterocycles. The van der Waals surface area contributed by atoms with Gasteiger partial charge in [0.15, 0.2) is 4.90 Å². The van der Waals surface area contributed by atoms with Crippen LogP contribution in [-0.2, 0) is 16.4 Å². The van der Waals surface area contributed by atoms with Gasteiger partial charge < -0.3 is 4.98 Å². The molecule has 7 nitrogen and oxygen atoms in total. The van der Waals surface area contributed by atoms with E-state index in [2.05, 4.69) is 4.98 Å². The highest BCUT2D eigenvalue weighted by atomic mass is 32.2. The number of sulfonamides is 1. The van der Waals surface area contributed by atoms with Crippen molar-refractivity contribution in [3.63, 3.8) is 0 Å². The van der Waals surface area contributed by atoms with Crippen LogP contribution in [0, 0.1) is 0 Å². The lowest BCUT2D eigenvalue weighted by molar-refractivity contribution is 0.345. The van der Waals surface area contributed by atoms with Crippen molar-refractivity contribution in [3.8, 4) is 0 Å². The molecule has 2 N–H and O–H groups in total. The molecule has 0 amide bonds. The first-order valence-electron chi connectivity index (χ1n) is 7.82. The van der Waals surface area contributed by atoms with Crippen LogP contribution in [0.3, 0.4) is 0 Å². The van der Waals surface area contributed by atoms with Gasteiger partial charge in [0.25, 0.3) is 5.56 Å². The molecule has 0 spiro atoms. The maximum absolute atomic E-state index is 12.8. The van der Waals surface area contributed by atoms with Crippen molar-refractivity contribution < 1.29 is 8.42 Å². The van der Waals surface area contributed by atoms with Crippen molar-refractivity contribution in [2.75, 3.05) is 13.1 Å². The summed E-state index contributed by atoms with van der Waals surface area (Å²) in [6.07, 6.45) is 5.60. The monoisotopic (exact) mass is 329 g/mol.